The minimum atomic E-state index is -0.290. The normalized spacial score (nSPS) is 17.1. The highest BCUT2D eigenvalue weighted by Crippen LogP contribution is 2.32. The second-order valence-electron chi connectivity index (χ2n) is 4.96. The van der Waals surface area contributed by atoms with Gasteiger partial charge in [-0.15, -0.1) is 0 Å². The molecular weight excluding hydrogens is 270 g/mol. The molecule has 7 nitrogen and oxygen atoms in total. The molecule has 0 amide bonds. The molecule has 2 N–H and O–H groups in total. The van der Waals surface area contributed by atoms with Crippen LogP contribution in [0.4, 0.5) is 5.69 Å². The van der Waals surface area contributed by atoms with E-state index in [1.54, 1.807) is 6.92 Å². The first-order chi connectivity index (χ1) is 10.2. The lowest BCUT2D eigenvalue weighted by molar-refractivity contribution is 0.200. The van der Waals surface area contributed by atoms with E-state index in [0.717, 1.165) is 11.4 Å². The summed E-state index contributed by atoms with van der Waals surface area (Å²) in [5.41, 5.74) is 1.42. The average Bonchev–Trinajstić information content (AvgIpc) is 2.91. The second-order valence-corrected chi connectivity index (χ2v) is 4.96. The van der Waals surface area contributed by atoms with E-state index >= 15 is 0 Å². The number of hydrogen-bond donors (Lipinski definition) is 2. The number of fused-ring (bicyclic) bond motifs is 2. The van der Waals surface area contributed by atoms with Crippen molar-refractivity contribution in [3.8, 4) is 5.75 Å². The number of aromatic amines is 1. The van der Waals surface area contributed by atoms with Gasteiger partial charge in [-0.2, -0.15) is 9.50 Å². The van der Waals surface area contributed by atoms with Crippen molar-refractivity contribution in [2.45, 2.75) is 13.0 Å². The molecule has 0 aliphatic carbocycles. The van der Waals surface area contributed by atoms with Crippen molar-refractivity contribution in [1.29, 1.82) is 0 Å². The van der Waals surface area contributed by atoms with Crippen molar-refractivity contribution < 1.29 is 4.74 Å². The summed E-state index contributed by atoms with van der Waals surface area (Å²) in [6, 6.07) is 9.18. The van der Waals surface area contributed by atoms with Crippen LogP contribution in [-0.2, 0) is 0 Å². The molecule has 0 radical (unpaired) electrons. The van der Waals surface area contributed by atoms with E-state index in [-0.39, 0.29) is 11.7 Å². The van der Waals surface area contributed by atoms with Crippen LogP contribution in [-0.4, -0.2) is 26.1 Å². The average molecular weight is 283 g/mol. The van der Waals surface area contributed by atoms with Gasteiger partial charge in [-0.25, -0.2) is 4.98 Å². The van der Waals surface area contributed by atoms with Crippen LogP contribution in [0.2, 0.25) is 0 Å². The van der Waals surface area contributed by atoms with Crippen LogP contribution in [0.5, 0.6) is 5.75 Å². The molecule has 1 aliphatic rings. The van der Waals surface area contributed by atoms with E-state index in [0.29, 0.717) is 23.8 Å². The van der Waals surface area contributed by atoms with E-state index in [2.05, 4.69) is 20.4 Å². The van der Waals surface area contributed by atoms with Gasteiger partial charge in [0.15, 0.2) is 11.9 Å². The van der Waals surface area contributed by atoms with E-state index in [4.69, 9.17) is 4.74 Å². The van der Waals surface area contributed by atoms with E-state index in [9.17, 15) is 4.79 Å². The Kier molecular flexibility index (Phi) is 2.47. The number of aromatic nitrogens is 4. The Morgan fingerprint density at radius 1 is 1.33 bits per heavy atom. The third-order valence-electron chi connectivity index (χ3n) is 3.42. The summed E-state index contributed by atoms with van der Waals surface area (Å²) in [4.78, 5) is 20.5. The maximum Gasteiger partial charge on any atom is 0.274 e. The van der Waals surface area contributed by atoms with Crippen molar-refractivity contribution >= 4 is 11.5 Å². The van der Waals surface area contributed by atoms with Gasteiger partial charge in [0.05, 0.1) is 12.2 Å². The summed E-state index contributed by atoms with van der Waals surface area (Å²) in [5.74, 6) is 1.70. The topological polar surface area (TPSA) is 84.3 Å². The first-order valence-corrected chi connectivity index (χ1v) is 6.66. The van der Waals surface area contributed by atoms with Gasteiger partial charge in [-0.1, -0.05) is 12.1 Å². The summed E-state index contributed by atoms with van der Waals surface area (Å²) in [5, 5.41) is 6.25. The molecule has 0 saturated heterocycles. The molecule has 1 atom stereocenters. The molecule has 1 aromatic carbocycles. The fraction of sp³-hybridized carbons (Fsp3) is 0.214. The molecule has 0 bridgehead atoms. The Labute approximate surface area is 119 Å². The Morgan fingerprint density at radius 3 is 3.10 bits per heavy atom. The maximum absolute atomic E-state index is 11.9. The molecule has 2 aromatic heterocycles. The number of hydrogen-bond acceptors (Lipinski definition) is 5. The highest BCUT2D eigenvalue weighted by molar-refractivity contribution is 5.57. The first-order valence-electron chi connectivity index (χ1n) is 6.66. The molecule has 1 unspecified atom stereocenters. The Bertz CT molecular complexity index is 882. The van der Waals surface area contributed by atoms with E-state index in [1.165, 1.54) is 10.6 Å². The zero-order chi connectivity index (χ0) is 14.4. The number of benzene rings is 1. The van der Waals surface area contributed by atoms with Crippen molar-refractivity contribution in [2.75, 3.05) is 11.9 Å². The number of H-pyrrole nitrogens is 1. The summed E-state index contributed by atoms with van der Waals surface area (Å²) in [6.45, 7) is 2.34. The lowest BCUT2D eigenvalue weighted by Crippen LogP contribution is -2.24. The summed E-state index contributed by atoms with van der Waals surface area (Å²) >= 11 is 0. The van der Waals surface area contributed by atoms with Gasteiger partial charge in [0.25, 0.3) is 11.3 Å². The summed E-state index contributed by atoms with van der Waals surface area (Å²) in [6.07, 6.45) is -0.290. The van der Waals surface area contributed by atoms with Crippen LogP contribution < -0.4 is 15.6 Å². The molecule has 106 valence electrons. The number of anilines is 1. The number of nitrogens with one attached hydrogen (secondary N) is 2. The summed E-state index contributed by atoms with van der Waals surface area (Å²) < 4.78 is 7.24. The van der Waals surface area contributed by atoms with Gasteiger partial charge in [-0.3, -0.25) is 9.89 Å². The third kappa shape index (κ3) is 1.94. The molecule has 0 saturated carbocycles. The molecular formula is C14H13N5O2. The number of aryl methyl sites for hydroxylation is 1. The highest BCUT2D eigenvalue weighted by atomic mass is 16.5. The SMILES string of the molecule is Cc1cc(=O)n2[nH]c(C3CNc4ccccc4O3)nc2n1. The Hall–Kier alpha value is -2.83. The minimum absolute atomic E-state index is 0.180. The quantitative estimate of drug-likeness (QED) is 0.702. The first kappa shape index (κ1) is 12.0. The van der Waals surface area contributed by atoms with Crippen LogP contribution in [0.15, 0.2) is 35.1 Å². The van der Waals surface area contributed by atoms with Crippen LogP contribution in [0.3, 0.4) is 0 Å². The highest BCUT2D eigenvalue weighted by Gasteiger charge is 2.24. The zero-order valence-corrected chi connectivity index (χ0v) is 11.3. The van der Waals surface area contributed by atoms with Crippen molar-refractivity contribution in [2.24, 2.45) is 0 Å². The zero-order valence-electron chi connectivity index (χ0n) is 11.3. The molecule has 3 aromatic rings. The molecule has 21 heavy (non-hydrogen) atoms. The number of para-hydroxylation sites is 2. The van der Waals surface area contributed by atoms with Gasteiger partial charge in [-0.05, 0) is 19.1 Å². The predicted octanol–water partition coefficient (Wildman–Crippen LogP) is 1.27. The van der Waals surface area contributed by atoms with Gasteiger partial charge < -0.3 is 10.1 Å². The minimum Gasteiger partial charge on any atom is -0.478 e. The maximum atomic E-state index is 11.9. The number of nitrogens with zero attached hydrogens (tertiary/aromatic N) is 3. The van der Waals surface area contributed by atoms with E-state index in [1.807, 2.05) is 24.3 Å². The third-order valence-corrected chi connectivity index (χ3v) is 3.42. The van der Waals surface area contributed by atoms with Gasteiger partial charge in [0.2, 0.25) is 0 Å². The molecule has 4 rings (SSSR count). The molecule has 0 spiro atoms. The van der Waals surface area contributed by atoms with Crippen LogP contribution in [0.1, 0.15) is 17.6 Å². The van der Waals surface area contributed by atoms with Gasteiger partial charge in [0.1, 0.15) is 5.75 Å². The van der Waals surface area contributed by atoms with Crippen LogP contribution in [0, 0.1) is 6.92 Å². The lowest BCUT2D eigenvalue weighted by atomic mass is 10.2. The molecule has 0 fully saturated rings. The number of ether oxygens (including phenoxy) is 1. The summed E-state index contributed by atoms with van der Waals surface area (Å²) in [7, 11) is 0. The van der Waals surface area contributed by atoms with Crippen molar-refractivity contribution in [1.82, 2.24) is 19.6 Å². The number of rotatable bonds is 1. The fourth-order valence-corrected chi connectivity index (χ4v) is 2.42. The van der Waals surface area contributed by atoms with Crippen LogP contribution in [0.25, 0.3) is 5.78 Å². The fourth-order valence-electron chi connectivity index (χ4n) is 2.42. The van der Waals surface area contributed by atoms with Crippen molar-refractivity contribution in [3.63, 3.8) is 0 Å². The predicted molar refractivity (Wildman–Crippen MR) is 76.6 cm³/mol. The Balaban J connectivity index is 1.75. The lowest BCUT2D eigenvalue weighted by Gasteiger charge is -2.25. The Morgan fingerprint density at radius 2 is 2.19 bits per heavy atom. The van der Waals surface area contributed by atoms with Crippen LogP contribution >= 0.6 is 0 Å². The smallest absolute Gasteiger partial charge is 0.274 e. The standard InChI is InChI=1S/C14H13N5O2/c1-8-6-12(20)19-14(16-8)17-13(18-19)11-7-15-9-4-2-3-5-10(9)21-11/h2-6,11,15H,7H2,1H3,(H,16,17,18). The van der Waals surface area contributed by atoms with Crippen molar-refractivity contribution in [3.05, 3.63) is 52.2 Å². The van der Waals surface area contributed by atoms with E-state index < -0.39 is 0 Å². The molecule has 3 heterocycles. The molecule has 1 aliphatic heterocycles. The second kappa shape index (κ2) is 4.34. The van der Waals surface area contributed by atoms with Gasteiger partial charge >= 0.3 is 0 Å². The monoisotopic (exact) mass is 283 g/mol. The molecule has 7 heteroatoms. The largest absolute Gasteiger partial charge is 0.478 e. The van der Waals surface area contributed by atoms with Gasteiger partial charge in [0, 0.05) is 11.8 Å².